The molecule has 4 aliphatic rings. The van der Waals surface area contributed by atoms with Crippen LogP contribution in [-0.4, -0.2) is 11.1 Å². The molecule has 0 aromatic heterocycles. The molecule has 4 rings (SSSR count). The molecule has 2 bridgehead atoms. The maximum Gasteiger partial charge on any atom is 0.306 e. The lowest BCUT2D eigenvalue weighted by Gasteiger charge is -2.62. The van der Waals surface area contributed by atoms with E-state index >= 15 is 0 Å². The van der Waals surface area contributed by atoms with Crippen molar-refractivity contribution in [2.45, 2.75) is 65.2 Å². The number of aliphatic carboxylic acids is 1. The smallest absolute Gasteiger partial charge is 0.306 e. The Balaban J connectivity index is 1.75. The molecular weight excluding hydrogens is 272 g/mol. The molecule has 6 unspecified atom stereocenters. The fraction of sp³-hybridized carbons (Fsp3) is 0.850. The van der Waals surface area contributed by atoms with E-state index in [-0.39, 0.29) is 11.3 Å². The van der Waals surface area contributed by atoms with Crippen molar-refractivity contribution < 1.29 is 9.90 Å². The lowest BCUT2D eigenvalue weighted by molar-refractivity contribution is -0.165. The van der Waals surface area contributed by atoms with Crippen LogP contribution < -0.4 is 0 Å². The van der Waals surface area contributed by atoms with E-state index in [1.807, 2.05) is 0 Å². The average Bonchev–Trinajstić information content (AvgIpc) is 2.71. The number of carboxylic acids is 1. The van der Waals surface area contributed by atoms with Crippen LogP contribution in [0.1, 0.15) is 65.2 Å². The molecule has 1 spiro atoms. The van der Waals surface area contributed by atoms with Crippen molar-refractivity contribution in [2.75, 3.05) is 0 Å². The van der Waals surface area contributed by atoms with E-state index in [1.54, 1.807) is 0 Å². The zero-order chi connectivity index (χ0) is 15.7. The SMILES string of the molecule is C=C1CC23CC1CCC2C1CCCC(C(=O)O)C1CC3(C)C. The summed E-state index contributed by atoms with van der Waals surface area (Å²) in [5.41, 5.74) is 2.19. The zero-order valence-electron chi connectivity index (χ0n) is 14.1. The van der Waals surface area contributed by atoms with Gasteiger partial charge >= 0.3 is 5.97 Å². The highest BCUT2D eigenvalue weighted by atomic mass is 16.4. The second-order valence-electron chi connectivity index (χ2n) is 9.37. The number of carboxylic acid groups (broad SMARTS) is 1. The van der Waals surface area contributed by atoms with Gasteiger partial charge in [-0.2, -0.15) is 0 Å². The van der Waals surface area contributed by atoms with Crippen molar-refractivity contribution in [2.24, 2.45) is 40.4 Å². The molecule has 4 fully saturated rings. The summed E-state index contributed by atoms with van der Waals surface area (Å²) in [5, 5.41) is 9.70. The van der Waals surface area contributed by atoms with Gasteiger partial charge in [0.25, 0.3) is 0 Å². The van der Waals surface area contributed by atoms with Crippen LogP contribution in [0.3, 0.4) is 0 Å². The second-order valence-corrected chi connectivity index (χ2v) is 9.37. The predicted octanol–water partition coefficient (Wildman–Crippen LogP) is 4.90. The molecule has 0 radical (unpaired) electrons. The van der Waals surface area contributed by atoms with E-state index in [0.717, 1.165) is 31.1 Å². The van der Waals surface area contributed by atoms with E-state index in [0.29, 0.717) is 17.3 Å². The third-order valence-corrected chi connectivity index (χ3v) is 8.31. The number of allylic oxidation sites excluding steroid dienone is 1. The molecule has 122 valence electrons. The Hall–Kier alpha value is -0.790. The minimum atomic E-state index is -0.536. The summed E-state index contributed by atoms with van der Waals surface area (Å²) >= 11 is 0. The van der Waals surface area contributed by atoms with Gasteiger partial charge in [0.1, 0.15) is 0 Å². The Morgan fingerprint density at radius 2 is 1.91 bits per heavy atom. The average molecular weight is 302 g/mol. The molecule has 1 N–H and O–H groups in total. The van der Waals surface area contributed by atoms with Crippen LogP contribution in [0, 0.1) is 40.4 Å². The second kappa shape index (κ2) is 4.61. The number of hydrogen-bond donors (Lipinski definition) is 1. The van der Waals surface area contributed by atoms with Gasteiger partial charge in [-0.15, -0.1) is 0 Å². The third-order valence-electron chi connectivity index (χ3n) is 8.31. The quantitative estimate of drug-likeness (QED) is 0.700. The highest BCUT2D eigenvalue weighted by molar-refractivity contribution is 5.70. The molecule has 0 aliphatic heterocycles. The Labute approximate surface area is 134 Å². The van der Waals surface area contributed by atoms with Crippen LogP contribution in [-0.2, 0) is 4.79 Å². The van der Waals surface area contributed by atoms with E-state index in [2.05, 4.69) is 20.4 Å². The van der Waals surface area contributed by atoms with E-state index in [1.165, 1.54) is 37.7 Å². The maximum atomic E-state index is 11.8. The summed E-state index contributed by atoms with van der Waals surface area (Å²) in [6.07, 6.45) is 9.60. The Bertz CT molecular complexity index is 520. The first-order chi connectivity index (χ1) is 10.4. The lowest BCUT2D eigenvalue weighted by atomic mass is 9.42. The first-order valence-corrected chi connectivity index (χ1v) is 9.26. The van der Waals surface area contributed by atoms with Crippen molar-refractivity contribution in [1.29, 1.82) is 0 Å². The Morgan fingerprint density at radius 3 is 2.64 bits per heavy atom. The molecule has 2 heteroatoms. The van der Waals surface area contributed by atoms with Crippen LogP contribution in [0.15, 0.2) is 12.2 Å². The highest BCUT2D eigenvalue weighted by Gasteiger charge is 2.64. The molecule has 0 heterocycles. The standard InChI is InChI=1S/C20H30O2/c1-12-9-20-10-13(12)7-8-17(20)14-5-4-6-15(18(21)22)16(14)11-19(20,2)3/h13-17H,1,4-11H2,2-3H3,(H,21,22). The van der Waals surface area contributed by atoms with Crippen LogP contribution in [0.4, 0.5) is 0 Å². The fourth-order valence-electron chi connectivity index (χ4n) is 7.29. The van der Waals surface area contributed by atoms with Crippen molar-refractivity contribution in [3.05, 3.63) is 12.2 Å². The van der Waals surface area contributed by atoms with Gasteiger partial charge < -0.3 is 5.11 Å². The molecular formula is C20H30O2. The number of rotatable bonds is 1. The molecule has 0 aromatic carbocycles. The number of fused-ring (bicyclic) bond motifs is 3. The molecule has 0 aromatic rings. The van der Waals surface area contributed by atoms with Crippen molar-refractivity contribution in [3.63, 3.8) is 0 Å². The summed E-state index contributed by atoms with van der Waals surface area (Å²) in [7, 11) is 0. The largest absolute Gasteiger partial charge is 0.481 e. The van der Waals surface area contributed by atoms with Crippen molar-refractivity contribution in [3.8, 4) is 0 Å². The molecule has 22 heavy (non-hydrogen) atoms. The first-order valence-electron chi connectivity index (χ1n) is 9.26. The minimum Gasteiger partial charge on any atom is -0.481 e. The van der Waals surface area contributed by atoms with E-state index in [9.17, 15) is 9.90 Å². The third kappa shape index (κ3) is 1.76. The van der Waals surface area contributed by atoms with E-state index < -0.39 is 5.97 Å². The molecule has 2 nitrogen and oxygen atoms in total. The summed E-state index contributed by atoms with van der Waals surface area (Å²) in [5.74, 6) is 1.96. The minimum absolute atomic E-state index is 0.0855. The summed E-state index contributed by atoms with van der Waals surface area (Å²) < 4.78 is 0. The highest BCUT2D eigenvalue weighted by Crippen LogP contribution is 2.72. The fourth-order valence-corrected chi connectivity index (χ4v) is 7.29. The van der Waals surface area contributed by atoms with E-state index in [4.69, 9.17) is 0 Å². The van der Waals surface area contributed by atoms with Gasteiger partial charge in [0, 0.05) is 0 Å². The van der Waals surface area contributed by atoms with Gasteiger partial charge in [-0.25, -0.2) is 0 Å². The summed E-state index contributed by atoms with van der Waals surface area (Å²) in [4.78, 5) is 11.8. The van der Waals surface area contributed by atoms with Crippen LogP contribution in [0.2, 0.25) is 0 Å². The van der Waals surface area contributed by atoms with Crippen LogP contribution in [0.25, 0.3) is 0 Å². The predicted molar refractivity (Wildman–Crippen MR) is 87.4 cm³/mol. The van der Waals surface area contributed by atoms with Crippen LogP contribution in [0.5, 0.6) is 0 Å². The Morgan fingerprint density at radius 1 is 1.14 bits per heavy atom. The van der Waals surface area contributed by atoms with Crippen molar-refractivity contribution >= 4 is 5.97 Å². The molecule has 4 aliphatic carbocycles. The maximum absolute atomic E-state index is 11.8. The molecule has 4 saturated carbocycles. The van der Waals surface area contributed by atoms with Gasteiger partial charge in [0.2, 0.25) is 0 Å². The normalized spacial score (nSPS) is 49.4. The van der Waals surface area contributed by atoms with Gasteiger partial charge in [0.15, 0.2) is 0 Å². The van der Waals surface area contributed by atoms with Gasteiger partial charge in [-0.1, -0.05) is 32.4 Å². The number of hydrogen-bond acceptors (Lipinski definition) is 1. The molecule has 0 amide bonds. The van der Waals surface area contributed by atoms with Crippen LogP contribution >= 0.6 is 0 Å². The monoisotopic (exact) mass is 302 g/mol. The summed E-state index contributed by atoms with van der Waals surface area (Å²) in [6, 6.07) is 0. The zero-order valence-corrected chi connectivity index (χ0v) is 14.1. The van der Waals surface area contributed by atoms with Gasteiger partial charge in [-0.3, -0.25) is 4.79 Å². The first kappa shape index (κ1) is 14.8. The topological polar surface area (TPSA) is 37.3 Å². The number of carbonyl (C=O) groups is 1. The Kier molecular flexibility index (Phi) is 3.10. The summed E-state index contributed by atoms with van der Waals surface area (Å²) in [6.45, 7) is 9.27. The molecule has 0 saturated heterocycles. The lowest BCUT2D eigenvalue weighted by Crippen LogP contribution is -2.56. The van der Waals surface area contributed by atoms with Crippen molar-refractivity contribution in [1.82, 2.24) is 0 Å². The molecule has 6 atom stereocenters. The van der Waals surface area contributed by atoms with Gasteiger partial charge in [-0.05, 0) is 79.4 Å². The van der Waals surface area contributed by atoms with Gasteiger partial charge in [0.05, 0.1) is 5.92 Å².